The molecule has 20 heavy (non-hydrogen) atoms. The van der Waals surface area contributed by atoms with Gasteiger partial charge in [0, 0.05) is 0 Å². The van der Waals surface area contributed by atoms with Gasteiger partial charge in [-0.3, -0.25) is 0 Å². The van der Waals surface area contributed by atoms with E-state index in [1.807, 2.05) is 62.4 Å². The second kappa shape index (κ2) is 6.96. The van der Waals surface area contributed by atoms with Crippen LogP contribution in [-0.2, 0) is 0 Å². The number of rotatable bonds is 6. The zero-order valence-corrected chi connectivity index (χ0v) is 11.9. The van der Waals surface area contributed by atoms with Gasteiger partial charge in [-0.25, -0.2) is 0 Å². The third-order valence-electron chi connectivity index (χ3n) is 3.05. The fourth-order valence-electron chi connectivity index (χ4n) is 1.86. The molecule has 0 fully saturated rings. The first-order chi connectivity index (χ1) is 9.66. The van der Waals surface area contributed by atoms with Crippen molar-refractivity contribution >= 4 is 0 Å². The second-order valence-corrected chi connectivity index (χ2v) is 4.81. The van der Waals surface area contributed by atoms with Gasteiger partial charge in [0.25, 0.3) is 0 Å². The quantitative estimate of drug-likeness (QED) is 0.878. The normalized spacial score (nSPS) is 10.6. The first-order valence-electron chi connectivity index (χ1n) is 6.71. The number of aryl methyl sites for hydroxylation is 2. The highest BCUT2D eigenvalue weighted by atomic mass is 16.5. The van der Waals surface area contributed by atoms with E-state index in [2.05, 4.69) is 0 Å². The third kappa shape index (κ3) is 4.00. The summed E-state index contributed by atoms with van der Waals surface area (Å²) in [5, 5.41) is 9.90. The molecule has 0 saturated heterocycles. The molecule has 0 aliphatic carbocycles. The summed E-state index contributed by atoms with van der Waals surface area (Å²) in [4.78, 5) is 0. The Morgan fingerprint density at radius 1 is 0.800 bits per heavy atom. The zero-order valence-electron chi connectivity index (χ0n) is 11.9. The lowest BCUT2D eigenvalue weighted by atomic mass is 10.2. The average Bonchev–Trinajstić information content (AvgIpc) is 2.45. The number of benzene rings is 2. The molecule has 3 nitrogen and oxygen atoms in total. The van der Waals surface area contributed by atoms with E-state index in [-0.39, 0.29) is 13.2 Å². The van der Waals surface area contributed by atoms with E-state index in [0.29, 0.717) is 0 Å². The van der Waals surface area contributed by atoms with Crippen LogP contribution in [0.1, 0.15) is 11.1 Å². The predicted octanol–water partition coefficient (Wildman–Crippen LogP) is 3.12. The molecule has 0 aliphatic heterocycles. The summed E-state index contributed by atoms with van der Waals surface area (Å²) in [6, 6.07) is 15.5. The van der Waals surface area contributed by atoms with Crippen LogP contribution in [0.4, 0.5) is 0 Å². The summed E-state index contributed by atoms with van der Waals surface area (Å²) in [7, 11) is 0. The molecule has 2 rings (SSSR count). The molecule has 0 amide bonds. The van der Waals surface area contributed by atoms with Gasteiger partial charge in [0.05, 0.1) is 0 Å². The molecule has 0 radical (unpaired) electrons. The third-order valence-corrected chi connectivity index (χ3v) is 3.05. The van der Waals surface area contributed by atoms with Crippen LogP contribution in [0.2, 0.25) is 0 Å². The summed E-state index contributed by atoms with van der Waals surface area (Å²) >= 11 is 0. The standard InChI is InChI=1S/C17H20O3/c1-13-7-3-5-9-16(13)19-11-15(18)12-20-17-10-6-4-8-14(17)2/h3-10,15,18H,11-12H2,1-2H3. The fraction of sp³-hybridized carbons (Fsp3) is 0.294. The smallest absolute Gasteiger partial charge is 0.122 e. The van der Waals surface area contributed by atoms with Crippen molar-refractivity contribution in [3.8, 4) is 11.5 Å². The molecule has 0 atom stereocenters. The molecule has 0 spiro atoms. The van der Waals surface area contributed by atoms with Gasteiger partial charge in [0.15, 0.2) is 0 Å². The Morgan fingerprint density at radius 3 is 1.60 bits per heavy atom. The van der Waals surface area contributed by atoms with E-state index in [9.17, 15) is 5.11 Å². The van der Waals surface area contributed by atoms with Crippen LogP contribution in [0.3, 0.4) is 0 Å². The lowest BCUT2D eigenvalue weighted by Crippen LogP contribution is -2.25. The van der Waals surface area contributed by atoms with Crippen molar-refractivity contribution in [1.29, 1.82) is 0 Å². The van der Waals surface area contributed by atoms with Gasteiger partial charge in [-0.1, -0.05) is 36.4 Å². The summed E-state index contributed by atoms with van der Waals surface area (Å²) in [6.07, 6.45) is -0.658. The van der Waals surface area contributed by atoms with Crippen LogP contribution in [0.5, 0.6) is 11.5 Å². The van der Waals surface area contributed by atoms with E-state index < -0.39 is 6.10 Å². The highest BCUT2D eigenvalue weighted by molar-refractivity contribution is 5.32. The van der Waals surface area contributed by atoms with E-state index in [4.69, 9.17) is 9.47 Å². The first-order valence-corrected chi connectivity index (χ1v) is 6.71. The maximum absolute atomic E-state index is 9.90. The SMILES string of the molecule is Cc1ccccc1OCC(O)COc1ccccc1C. The number of hydrogen-bond acceptors (Lipinski definition) is 3. The van der Waals surface area contributed by atoms with Gasteiger partial charge in [-0.2, -0.15) is 0 Å². The summed E-state index contributed by atoms with van der Waals surface area (Å²) in [5.41, 5.74) is 2.11. The number of aliphatic hydroxyl groups is 1. The van der Waals surface area contributed by atoms with Gasteiger partial charge in [-0.05, 0) is 37.1 Å². The van der Waals surface area contributed by atoms with Crippen LogP contribution in [0.15, 0.2) is 48.5 Å². The van der Waals surface area contributed by atoms with Crippen molar-refractivity contribution in [2.45, 2.75) is 20.0 Å². The van der Waals surface area contributed by atoms with Crippen LogP contribution in [-0.4, -0.2) is 24.4 Å². The molecule has 106 valence electrons. The van der Waals surface area contributed by atoms with E-state index >= 15 is 0 Å². The monoisotopic (exact) mass is 272 g/mol. The molecule has 2 aromatic carbocycles. The molecule has 0 saturated carbocycles. The molecule has 0 heterocycles. The Labute approximate surface area is 119 Å². The minimum Gasteiger partial charge on any atom is -0.490 e. The van der Waals surface area contributed by atoms with Gasteiger partial charge in [-0.15, -0.1) is 0 Å². The highest BCUT2D eigenvalue weighted by Crippen LogP contribution is 2.18. The van der Waals surface area contributed by atoms with E-state index in [0.717, 1.165) is 22.6 Å². The highest BCUT2D eigenvalue weighted by Gasteiger charge is 2.08. The molecular formula is C17H20O3. The van der Waals surface area contributed by atoms with Crippen molar-refractivity contribution in [3.63, 3.8) is 0 Å². The van der Waals surface area contributed by atoms with Crippen LogP contribution in [0.25, 0.3) is 0 Å². The minimum absolute atomic E-state index is 0.219. The average molecular weight is 272 g/mol. The Balaban J connectivity index is 1.80. The number of aliphatic hydroxyl groups excluding tert-OH is 1. The van der Waals surface area contributed by atoms with Crippen LogP contribution < -0.4 is 9.47 Å². The molecule has 0 bridgehead atoms. The van der Waals surface area contributed by atoms with Crippen molar-refractivity contribution in [2.24, 2.45) is 0 Å². The molecule has 1 N–H and O–H groups in total. The number of para-hydroxylation sites is 2. The van der Waals surface area contributed by atoms with Crippen molar-refractivity contribution < 1.29 is 14.6 Å². The first kappa shape index (κ1) is 14.4. The number of ether oxygens (including phenoxy) is 2. The maximum atomic E-state index is 9.90. The van der Waals surface area contributed by atoms with Crippen molar-refractivity contribution in [3.05, 3.63) is 59.7 Å². The molecule has 2 aromatic rings. The van der Waals surface area contributed by atoms with E-state index in [1.54, 1.807) is 0 Å². The molecular weight excluding hydrogens is 252 g/mol. The van der Waals surface area contributed by atoms with Crippen molar-refractivity contribution in [1.82, 2.24) is 0 Å². The van der Waals surface area contributed by atoms with Crippen LogP contribution >= 0.6 is 0 Å². The van der Waals surface area contributed by atoms with Crippen LogP contribution in [0, 0.1) is 13.8 Å². The predicted molar refractivity (Wildman–Crippen MR) is 79.4 cm³/mol. The van der Waals surface area contributed by atoms with Gasteiger partial charge < -0.3 is 14.6 Å². The second-order valence-electron chi connectivity index (χ2n) is 4.81. The molecule has 0 aliphatic rings. The zero-order chi connectivity index (χ0) is 14.4. The Kier molecular flexibility index (Phi) is 5.02. The molecule has 0 unspecified atom stereocenters. The molecule has 0 aromatic heterocycles. The topological polar surface area (TPSA) is 38.7 Å². The largest absolute Gasteiger partial charge is 0.490 e. The lowest BCUT2D eigenvalue weighted by molar-refractivity contribution is 0.0622. The van der Waals surface area contributed by atoms with Gasteiger partial charge in [0.1, 0.15) is 30.8 Å². The molecule has 3 heteroatoms. The summed E-state index contributed by atoms with van der Waals surface area (Å²) in [6.45, 7) is 4.39. The fourth-order valence-corrected chi connectivity index (χ4v) is 1.86. The lowest BCUT2D eigenvalue weighted by Gasteiger charge is -2.15. The van der Waals surface area contributed by atoms with Gasteiger partial charge >= 0.3 is 0 Å². The Morgan fingerprint density at radius 2 is 1.20 bits per heavy atom. The Hall–Kier alpha value is -2.00. The van der Waals surface area contributed by atoms with E-state index in [1.165, 1.54) is 0 Å². The van der Waals surface area contributed by atoms with Crippen molar-refractivity contribution in [2.75, 3.05) is 13.2 Å². The number of hydrogen-bond donors (Lipinski definition) is 1. The summed E-state index contributed by atoms with van der Waals surface area (Å²) < 4.78 is 11.2. The minimum atomic E-state index is -0.658. The summed E-state index contributed by atoms with van der Waals surface area (Å²) in [5.74, 6) is 1.59. The van der Waals surface area contributed by atoms with Gasteiger partial charge in [0.2, 0.25) is 0 Å². The Bertz CT molecular complexity index is 502. The maximum Gasteiger partial charge on any atom is 0.122 e.